The zero-order chi connectivity index (χ0) is 27.1. The van der Waals surface area contributed by atoms with E-state index in [-0.39, 0.29) is 11.9 Å². The van der Waals surface area contributed by atoms with Crippen molar-refractivity contribution < 1.29 is 9.53 Å². The van der Waals surface area contributed by atoms with Crippen LogP contribution in [0.4, 0.5) is 11.8 Å². The molecule has 0 atom stereocenters. The van der Waals surface area contributed by atoms with Gasteiger partial charge in [0.15, 0.2) is 0 Å². The number of aromatic nitrogens is 4. The number of H-pyrrole nitrogens is 1. The number of rotatable bonds is 5. The van der Waals surface area contributed by atoms with E-state index in [0.29, 0.717) is 37.1 Å². The highest BCUT2D eigenvalue weighted by Gasteiger charge is 2.26. The van der Waals surface area contributed by atoms with Gasteiger partial charge >= 0.3 is 0 Å². The van der Waals surface area contributed by atoms with E-state index in [1.54, 1.807) is 0 Å². The summed E-state index contributed by atoms with van der Waals surface area (Å²) in [4.78, 5) is 26.3. The summed E-state index contributed by atoms with van der Waals surface area (Å²) in [6.45, 7) is 9.69. The Morgan fingerprint density at radius 2 is 1.95 bits per heavy atom. The van der Waals surface area contributed by atoms with E-state index in [2.05, 4.69) is 62.6 Å². The number of aryl methyl sites for hydroxylation is 1. The first-order chi connectivity index (χ1) is 18.9. The fraction of sp³-hybridized carbons (Fsp3) is 0.357. The van der Waals surface area contributed by atoms with Crippen molar-refractivity contribution in [2.24, 2.45) is 0 Å². The lowest BCUT2D eigenvalue weighted by molar-refractivity contribution is -0.126. The number of fused-ring (bicyclic) bond motifs is 2. The summed E-state index contributed by atoms with van der Waals surface area (Å²) in [5.74, 6) is 1.37. The number of amides is 1. The lowest BCUT2D eigenvalue weighted by atomic mass is 9.96. The molecule has 202 valence electrons. The molecule has 2 aliphatic rings. The summed E-state index contributed by atoms with van der Waals surface area (Å²) in [6, 6.07) is 6.36. The summed E-state index contributed by atoms with van der Waals surface area (Å²) in [7, 11) is 0. The zero-order valence-electron chi connectivity index (χ0n) is 21.6. The minimum absolute atomic E-state index is 0.0462. The van der Waals surface area contributed by atoms with Gasteiger partial charge in [-0.15, -0.1) is 0 Å². The fourth-order valence-corrected chi connectivity index (χ4v) is 6.89. The molecule has 1 amide bonds. The first-order valence-corrected chi connectivity index (χ1v) is 14.5. The van der Waals surface area contributed by atoms with Gasteiger partial charge in [-0.2, -0.15) is 10.1 Å². The van der Waals surface area contributed by atoms with Gasteiger partial charge in [-0.1, -0.05) is 24.2 Å². The number of ether oxygens (including phenoxy) is 1. The molecule has 0 saturated carbocycles. The predicted molar refractivity (Wildman–Crippen MR) is 164 cm³/mol. The van der Waals surface area contributed by atoms with Gasteiger partial charge in [-0.3, -0.25) is 9.89 Å². The molecule has 11 heteroatoms. The first kappa shape index (κ1) is 26.3. The minimum atomic E-state index is -0.0462. The number of halogens is 2. The third-order valence-electron chi connectivity index (χ3n) is 7.57. The highest BCUT2D eigenvalue weighted by Crippen LogP contribution is 2.43. The van der Waals surface area contributed by atoms with Crippen molar-refractivity contribution in [2.75, 3.05) is 49.6 Å². The van der Waals surface area contributed by atoms with E-state index in [9.17, 15) is 4.79 Å². The maximum atomic E-state index is 12.2. The van der Waals surface area contributed by atoms with Crippen molar-refractivity contribution in [1.29, 1.82) is 0 Å². The van der Waals surface area contributed by atoms with Crippen LogP contribution in [0.25, 0.3) is 32.9 Å². The maximum Gasteiger partial charge on any atom is 0.246 e. The summed E-state index contributed by atoms with van der Waals surface area (Å²) < 4.78 is 6.51. The Bertz CT molecular complexity index is 1580. The van der Waals surface area contributed by atoms with Crippen molar-refractivity contribution in [3.05, 3.63) is 51.2 Å². The molecule has 2 saturated heterocycles. The minimum Gasteiger partial charge on any atom is -0.381 e. The van der Waals surface area contributed by atoms with Gasteiger partial charge in [0.2, 0.25) is 11.9 Å². The standard InChI is InChI=1S/C28H29ClIN7O2/c1-3-22(38)36-8-10-37(11-9-36)27-18-14-20(29)24(23-16(2)4-5-21-19(23)15-31-35-21)25(30)26(18)33-28(34-27)32-17-6-12-39-13-7-17/h3-5,14-15,17H,1,6-13H2,2H3,(H,31,35)(H,32,33,34). The quantitative estimate of drug-likeness (QED) is 0.226. The Balaban J connectivity index is 1.49. The van der Waals surface area contributed by atoms with Crippen molar-refractivity contribution in [1.82, 2.24) is 25.1 Å². The van der Waals surface area contributed by atoms with Crippen LogP contribution in [0.1, 0.15) is 18.4 Å². The lowest BCUT2D eigenvalue weighted by Crippen LogP contribution is -2.48. The molecule has 9 nitrogen and oxygen atoms in total. The number of piperazine rings is 1. The monoisotopic (exact) mass is 657 g/mol. The number of nitrogens with zero attached hydrogens (tertiary/aromatic N) is 5. The van der Waals surface area contributed by atoms with Crippen LogP contribution < -0.4 is 10.2 Å². The van der Waals surface area contributed by atoms with E-state index in [4.69, 9.17) is 26.3 Å². The summed E-state index contributed by atoms with van der Waals surface area (Å²) >= 11 is 9.44. The van der Waals surface area contributed by atoms with E-state index < -0.39 is 0 Å². The van der Waals surface area contributed by atoms with E-state index in [1.807, 2.05) is 23.2 Å². The third-order valence-corrected chi connectivity index (χ3v) is 8.91. The molecule has 2 aromatic carbocycles. The molecule has 2 fully saturated rings. The van der Waals surface area contributed by atoms with Crippen LogP contribution in [0.5, 0.6) is 0 Å². The van der Waals surface area contributed by atoms with Crippen LogP contribution in [0.3, 0.4) is 0 Å². The van der Waals surface area contributed by atoms with Gasteiger partial charge in [-0.05, 0) is 71.7 Å². The van der Waals surface area contributed by atoms with Crippen LogP contribution in [-0.4, -0.2) is 76.4 Å². The number of aromatic amines is 1. The number of carbonyl (C=O) groups excluding carboxylic acids is 1. The number of anilines is 2. The molecule has 0 bridgehead atoms. The second-order valence-electron chi connectivity index (χ2n) is 9.95. The van der Waals surface area contributed by atoms with Gasteiger partial charge in [0.1, 0.15) is 5.82 Å². The summed E-state index contributed by atoms with van der Waals surface area (Å²) in [5.41, 5.74) is 4.91. The molecule has 2 aromatic heterocycles. The van der Waals surface area contributed by atoms with Gasteiger partial charge in [0, 0.05) is 65.3 Å². The van der Waals surface area contributed by atoms with Crippen molar-refractivity contribution in [3.8, 4) is 11.1 Å². The second-order valence-corrected chi connectivity index (χ2v) is 11.4. The molecule has 4 heterocycles. The molecule has 4 aromatic rings. The molecule has 6 rings (SSSR count). The van der Waals surface area contributed by atoms with Crippen molar-refractivity contribution >= 4 is 73.7 Å². The molecule has 0 aliphatic carbocycles. The number of hydrogen-bond acceptors (Lipinski definition) is 7. The third kappa shape index (κ3) is 4.93. The molecular formula is C28H29ClIN7O2. The van der Waals surface area contributed by atoms with Crippen LogP contribution >= 0.6 is 34.2 Å². The Morgan fingerprint density at radius 3 is 2.69 bits per heavy atom. The van der Waals surface area contributed by atoms with E-state index in [0.717, 1.165) is 73.9 Å². The number of nitrogens with one attached hydrogen (secondary N) is 2. The van der Waals surface area contributed by atoms with Crippen LogP contribution in [0.15, 0.2) is 37.1 Å². The molecule has 0 radical (unpaired) electrons. The average Bonchev–Trinajstić information content (AvgIpc) is 3.43. The van der Waals surface area contributed by atoms with Crippen LogP contribution in [0.2, 0.25) is 5.02 Å². The number of benzene rings is 2. The van der Waals surface area contributed by atoms with Gasteiger partial charge in [0.25, 0.3) is 0 Å². The van der Waals surface area contributed by atoms with Crippen LogP contribution in [-0.2, 0) is 9.53 Å². The Hall–Kier alpha value is -2.96. The lowest BCUT2D eigenvalue weighted by Gasteiger charge is -2.35. The Kier molecular flexibility index (Phi) is 7.34. The van der Waals surface area contributed by atoms with Crippen molar-refractivity contribution in [3.63, 3.8) is 0 Å². The molecular weight excluding hydrogens is 629 g/mol. The normalized spacial score (nSPS) is 16.7. The largest absolute Gasteiger partial charge is 0.381 e. The molecule has 39 heavy (non-hydrogen) atoms. The zero-order valence-corrected chi connectivity index (χ0v) is 24.5. The van der Waals surface area contributed by atoms with Crippen LogP contribution in [0, 0.1) is 10.5 Å². The average molecular weight is 658 g/mol. The number of carbonyl (C=O) groups is 1. The maximum absolute atomic E-state index is 12.2. The molecule has 2 N–H and O–H groups in total. The fourth-order valence-electron chi connectivity index (χ4n) is 5.47. The topological polar surface area (TPSA) is 99.3 Å². The summed E-state index contributed by atoms with van der Waals surface area (Å²) in [6.07, 6.45) is 5.03. The molecule has 0 unspecified atom stereocenters. The van der Waals surface area contributed by atoms with Gasteiger partial charge < -0.3 is 19.9 Å². The first-order valence-electron chi connectivity index (χ1n) is 13.1. The molecule has 0 spiro atoms. The Labute approximate surface area is 245 Å². The highest BCUT2D eigenvalue weighted by molar-refractivity contribution is 14.1. The Morgan fingerprint density at radius 1 is 1.18 bits per heavy atom. The van der Waals surface area contributed by atoms with Crippen molar-refractivity contribution in [2.45, 2.75) is 25.8 Å². The van der Waals surface area contributed by atoms with Gasteiger partial charge in [-0.25, -0.2) is 4.98 Å². The number of hydrogen-bond donors (Lipinski definition) is 2. The predicted octanol–water partition coefficient (Wildman–Crippen LogP) is 5.17. The van der Waals surface area contributed by atoms with E-state index >= 15 is 0 Å². The van der Waals surface area contributed by atoms with Gasteiger partial charge in [0.05, 0.1) is 22.3 Å². The van der Waals surface area contributed by atoms with E-state index in [1.165, 1.54) is 6.08 Å². The molecule has 2 aliphatic heterocycles. The highest BCUT2D eigenvalue weighted by atomic mass is 127. The second kappa shape index (κ2) is 10.9. The summed E-state index contributed by atoms with van der Waals surface area (Å²) in [5, 5.41) is 13.5. The smallest absolute Gasteiger partial charge is 0.246 e. The SMILES string of the molecule is C=CC(=O)N1CCN(c2nc(NC3CCOCC3)nc3c(I)c(-c4c(C)ccc5[nH]ncc45)c(Cl)cc23)CC1.